The largest absolute Gasteiger partial charge is 0.393 e. The Hall–Kier alpha value is -11.0. The predicted molar refractivity (Wildman–Crippen MR) is 352 cm³/mol. The maximum Gasteiger partial charge on any atom is 0.351 e. The first-order valence-electron chi connectivity index (χ1n) is 32.9. The van der Waals surface area contributed by atoms with Crippen LogP contribution in [0.15, 0.2) is 74.0 Å². The molecular weight excluding hydrogens is 1500 g/mol. The number of aromatic amines is 2. The van der Waals surface area contributed by atoms with Crippen molar-refractivity contribution in [2.24, 2.45) is 20.5 Å². The fourth-order valence-electron chi connectivity index (χ4n) is 12.5. The number of anilines is 2. The molecule has 0 bridgehead atoms. The summed E-state index contributed by atoms with van der Waals surface area (Å²) in [5.41, 5.74) is 29.1. The van der Waals surface area contributed by atoms with Crippen molar-refractivity contribution in [2.45, 2.75) is 123 Å². The summed E-state index contributed by atoms with van der Waals surface area (Å²) in [6, 6.07) is 0. The lowest BCUT2D eigenvalue weighted by molar-refractivity contribution is -0.124. The number of amides is 4. The molecule has 8 aliphatic heterocycles. The highest BCUT2D eigenvalue weighted by Gasteiger charge is 2.60. The Morgan fingerprint density at radius 1 is 0.436 bits per heavy atom. The van der Waals surface area contributed by atoms with Crippen molar-refractivity contribution in [1.29, 1.82) is 0 Å². The van der Waals surface area contributed by atoms with Gasteiger partial charge >= 0.3 is 22.8 Å². The zero-order valence-corrected chi connectivity index (χ0v) is 57.0. The van der Waals surface area contributed by atoms with E-state index in [0.717, 1.165) is 50.5 Å². The highest BCUT2D eigenvalue weighted by atomic mass is 19.1. The number of hydrogen-bond donors (Lipinski definition) is 12. The first-order chi connectivity index (χ1) is 52.4. The van der Waals surface area contributed by atoms with Crippen molar-refractivity contribution < 1.29 is 106 Å². The number of aromatic nitrogens is 8. The van der Waals surface area contributed by atoms with Crippen LogP contribution in [0.5, 0.6) is 0 Å². The van der Waals surface area contributed by atoms with E-state index in [1.165, 1.54) is 19.6 Å². The number of azide groups is 4. The minimum Gasteiger partial charge on any atom is -0.393 e. The number of hydrogen-bond acceptors (Lipinski definition) is 32. The molecule has 0 aliphatic carbocycles. The average molecular weight is 1570 g/mol. The highest BCUT2D eigenvalue weighted by molar-refractivity contribution is 5.99. The Labute approximate surface area is 608 Å². The molecule has 110 heavy (non-hydrogen) atoms. The number of likely N-dealkylation sites (tertiary alicyclic amines) is 2. The molecule has 4 aromatic rings. The van der Waals surface area contributed by atoms with E-state index in [1.54, 1.807) is 0 Å². The van der Waals surface area contributed by atoms with Gasteiger partial charge < -0.3 is 100 Å². The van der Waals surface area contributed by atoms with Gasteiger partial charge in [0.15, 0.2) is 49.6 Å². The van der Waals surface area contributed by atoms with Crippen molar-refractivity contribution in [3.63, 3.8) is 0 Å². The molecule has 14 N–H and O–H groups in total. The lowest BCUT2D eigenvalue weighted by Crippen LogP contribution is -2.45. The summed E-state index contributed by atoms with van der Waals surface area (Å²) in [6.07, 6.45) is -17.7. The van der Waals surface area contributed by atoms with Crippen LogP contribution >= 0.6 is 0 Å². The summed E-state index contributed by atoms with van der Waals surface area (Å²) in [4.78, 5) is 149. The van der Waals surface area contributed by atoms with Crippen molar-refractivity contribution in [2.75, 3.05) is 117 Å². The van der Waals surface area contributed by atoms with Crippen molar-refractivity contribution in [1.82, 2.24) is 57.8 Å². The normalized spacial score (nSPS) is 30.2. The van der Waals surface area contributed by atoms with Crippen molar-refractivity contribution >= 4 is 35.3 Å². The van der Waals surface area contributed by atoms with Crippen LogP contribution in [-0.2, 0) is 28.4 Å². The third-order valence-corrected chi connectivity index (χ3v) is 18.5. The molecule has 54 heteroatoms. The number of carbonyl (C=O) groups excluding carboxylic acids is 4. The predicted octanol–water partition coefficient (Wildman–Crippen LogP) is -4.95. The molecule has 596 valence electrons. The molecule has 50 nitrogen and oxygen atoms in total. The van der Waals surface area contributed by atoms with E-state index < -0.39 is 192 Å². The zero-order chi connectivity index (χ0) is 80.5. The summed E-state index contributed by atoms with van der Waals surface area (Å²) in [7, 11) is 0. The highest BCUT2D eigenvalue weighted by Crippen LogP contribution is 2.43. The van der Waals surface area contributed by atoms with Crippen molar-refractivity contribution in [3.8, 4) is 0 Å². The molecule has 4 aromatic heterocycles. The average Bonchev–Trinajstić information content (AvgIpc) is 1.65. The minimum absolute atomic E-state index is 0.118. The first-order valence-corrected chi connectivity index (χ1v) is 32.9. The number of nitrogens with two attached hydrogens (primary N) is 2. The van der Waals surface area contributed by atoms with E-state index in [0.29, 0.717) is 70.8 Å². The summed E-state index contributed by atoms with van der Waals surface area (Å²) < 4.78 is 91.8. The number of alkyl halides is 4. The van der Waals surface area contributed by atoms with Gasteiger partial charge in [-0.1, -0.05) is 20.5 Å². The van der Waals surface area contributed by atoms with E-state index in [4.69, 9.17) is 62.0 Å². The number of halogens is 4. The number of nitrogen functional groups attached to an aromatic ring is 2. The van der Waals surface area contributed by atoms with Gasteiger partial charge in [-0.15, -0.1) is 0 Å². The van der Waals surface area contributed by atoms with Gasteiger partial charge in [-0.3, -0.25) is 57.0 Å². The number of aliphatic hydroxyl groups excluding tert-OH is 8. The Morgan fingerprint density at radius 2 is 0.673 bits per heavy atom. The van der Waals surface area contributed by atoms with E-state index in [1.807, 2.05) is 9.97 Å². The molecule has 0 aromatic carbocycles. The Balaban J connectivity index is 0.000000169. The van der Waals surface area contributed by atoms with Crippen LogP contribution < -0.4 is 45.3 Å². The van der Waals surface area contributed by atoms with Gasteiger partial charge in [0.2, 0.25) is 22.9 Å². The molecule has 8 fully saturated rings. The second kappa shape index (κ2) is 34.7. The summed E-state index contributed by atoms with van der Waals surface area (Å²) in [5, 5.41) is 90.1. The molecule has 12 heterocycles. The maximum absolute atomic E-state index is 14.6. The molecule has 0 unspecified atom stereocenters. The SMILES string of the molecule is [N-]=[N+]=N[C@]1(CO)O[C@@H](n2cc(C(=O)N3CCCC3)c(=O)[nH]c2=O)[C@@H](F)[C@@H]1O.[N-]=[N+]=N[C@]1(CO)O[C@@H](n2cc(C(=O)N3CCCC3)c(N)nc2=O)[C@@H](F)[C@@H]1O.[N-]=[N+]=N[C@]1(CO)O[C@@H](n2cc(C(=O)N3CCOCC3)c(=O)[nH]c2=O)[C@@H](F)[C@@H]1O.[N-]=[N+]=N[C@]1(CO)O[C@@H](n2cc(C(=O)N3CCOCC3)c(N)nc2=O)[C@@H](F)[C@@H]1O. The standard InChI is InChI=1S/C14H18FN7O6.C14H18FN7O5.C14H17FN6O7.C14H17FN6O6/c15-8-9(24)14(6-23,19-20-17)28-12(8)22-5-7(10(16)18-13(22)26)11(25)21-1-3-27-4-2-21;15-8-9(24)14(6-23,19-20-17)27-12(8)22-5-7(10(16)18-13(22)26)11(25)21-3-1-2-4-21;15-8-9(23)14(6-22,18-19-16)28-12(8)21-5-7(10(24)17-13(21)26)11(25)20-1-3-27-4-2-20;15-8-9(23)14(6-22,18-19-16)27-12(8)21-5-7(10(24)17-13(21)26)11(25)20-3-1-2-4-20/h5,8-9,12,23-24H,1-4,6H2,(H2,16,18,26);5,8-9,12,23-24H,1-4,6H2,(H2,16,18,26);5,8-9,12,22-23H,1-4,6H2,(H,17,24,26);5,8-9,12,22-23H,1-4,6H2,(H,17,24,26)/t4*8-,9-,12+,14+/m0000/s1. The summed E-state index contributed by atoms with van der Waals surface area (Å²) in [6.45, 7) is 0.0340. The van der Waals surface area contributed by atoms with Crippen LogP contribution in [0.2, 0.25) is 0 Å². The Morgan fingerprint density at radius 3 is 0.927 bits per heavy atom. The van der Waals surface area contributed by atoms with Crippen LogP contribution in [0.4, 0.5) is 29.2 Å². The third-order valence-electron chi connectivity index (χ3n) is 18.5. The number of rotatable bonds is 16. The minimum atomic E-state index is -2.36. The Bertz CT molecular complexity index is 4700. The first kappa shape index (κ1) is 83.0. The number of morpholine rings is 2. The fraction of sp³-hybridized carbons (Fsp3) is 0.643. The van der Waals surface area contributed by atoms with Crippen LogP contribution in [0, 0.1) is 0 Å². The number of aliphatic hydroxyl groups is 8. The second-order valence-corrected chi connectivity index (χ2v) is 25.0. The molecule has 0 spiro atoms. The second-order valence-electron chi connectivity index (χ2n) is 25.0. The molecule has 0 radical (unpaired) electrons. The van der Waals surface area contributed by atoms with Gasteiger partial charge in [0.1, 0.15) is 47.2 Å². The zero-order valence-electron chi connectivity index (χ0n) is 57.0. The van der Waals surface area contributed by atoms with Gasteiger partial charge in [-0.2, -0.15) is 9.97 Å². The third kappa shape index (κ3) is 16.2. The lowest BCUT2D eigenvalue weighted by atomic mass is 10.1. The molecule has 8 saturated heterocycles. The van der Waals surface area contributed by atoms with Crippen molar-refractivity contribution in [3.05, 3.63) is 151 Å². The Kier molecular flexibility index (Phi) is 26.2. The lowest BCUT2D eigenvalue weighted by Gasteiger charge is -2.27. The van der Waals surface area contributed by atoms with Crippen LogP contribution in [0.25, 0.3) is 41.8 Å². The van der Waals surface area contributed by atoms with Gasteiger partial charge in [-0.25, -0.2) is 36.7 Å². The summed E-state index contributed by atoms with van der Waals surface area (Å²) in [5.74, 6) is -3.00. The fourth-order valence-corrected chi connectivity index (χ4v) is 12.5. The van der Waals surface area contributed by atoms with Crippen LogP contribution in [-0.4, -0.2) is 300 Å². The quantitative estimate of drug-likeness (QED) is 0.0216. The maximum atomic E-state index is 14.6. The molecule has 16 atom stereocenters. The van der Waals surface area contributed by atoms with E-state index in [2.05, 4.69) is 50.1 Å². The van der Waals surface area contributed by atoms with Crippen LogP contribution in [0.3, 0.4) is 0 Å². The van der Waals surface area contributed by atoms with Crippen LogP contribution in [0.1, 0.15) is 92.0 Å². The number of H-pyrrole nitrogens is 2. The topological polar surface area (TPSA) is 725 Å². The summed E-state index contributed by atoms with van der Waals surface area (Å²) >= 11 is 0. The van der Waals surface area contributed by atoms with Gasteiger partial charge in [0.25, 0.3) is 34.7 Å². The molecule has 4 amide bonds. The molecular formula is C56H70F4N26O24. The number of nitrogens with one attached hydrogen (secondary N) is 2. The van der Waals surface area contributed by atoms with Gasteiger partial charge in [0, 0.05) is 96.8 Å². The number of nitrogens with zero attached hydrogens (tertiary/aromatic N) is 22. The molecule has 8 aliphatic rings. The van der Waals surface area contributed by atoms with E-state index >= 15 is 0 Å². The smallest absolute Gasteiger partial charge is 0.351 e. The molecule has 0 saturated carbocycles. The molecule has 12 rings (SSSR count). The van der Waals surface area contributed by atoms with Gasteiger partial charge in [-0.05, 0) is 47.8 Å². The van der Waals surface area contributed by atoms with E-state index in [9.17, 15) is 106 Å². The van der Waals surface area contributed by atoms with E-state index in [-0.39, 0.29) is 49.1 Å². The monoisotopic (exact) mass is 1570 g/mol. The van der Waals surface area contributed by atoms with Gasteiger partial charge in [0.05, 0.1) is 64.0 Å². The number of ether oxygens (including phenoxy) is 6. The number of carbonyl (C=O) groups is 4.